The van der Waals surface area contributed by atoms with Crippen LogP contribution in [0.25, 0.3) is 0 Å². The third-order valence-corrected chi connectivity index (χ3v) is 1.98. The third-order valence-electron chi connectivity index (χ3n) is 1.98. The second-order valence-corrected chi connectivity index (χ2v) is 3.39. The maximum atomic E-state index is 9.46. The molecule has 0 fully saturated rings. The Hall–Kier alpha value is -0.600. The molecule has 0 radical (unpaired) electrons. The first-order valence-corrected chi connectivity index (χ1v) is 5.43. The maximum Gasteiger partial charge on any atom is 0.0723 e. The Morgan fingerprint density at radius 3 is 2.64 bits per heavy atom. The molecule has 1 atom stereocenters. The van der Waals surface area contributed by atoms with Gasteiger partial charge in [0.2, 0.25) is 0 Å². The van der Waals surface area contributed by atoms with Gasteiger partial charge in [0.25, 0.3) is 0 Å². The predicted octanol–water partition coefficient (Wildman–Crippen LogP) is 2.42. The summed E-state index contributed by atoms with van der Waals surface area (Å²) >= 11 is 0. The fraction of sp³-hybridized carbons (Fsp3) is 0.667. The van der Waals surface area contributed by atoms with Crippen molar-refractivity contribution in [3.8, 4) is 0 Å². The summed E-state index contributed by atoms with van der Waals surface area (Å²) < 4.78 is 0. The normalized spacial score (nSPS) is 14.2. The average Bonchev–Trinajstić information content (AvgIpc) is 2.18. The molecule has 0 aromatic carbocycles. The molecule has 0 unspecified atom stereocenters. The number of allylic oxidation sites excluding steroid dienone is 2. The molecule has 0 aliphatic heterocycles. The molecule has 2 nitrogen and oxygen atoms in total. The first kappa shape index (κ1) is 13.4. The van der Waals surface area contributed by atoms with Crippen LogP contribution in [-0.2, 0) is 0 Å². The van der Waals surface area contributed by atoms with Crippen molar-refractivity contribution < 1.29 is 10.2 Å². The lowest BCUT2D eigenvalue weighted by Gasteiger charge is -2.02. The second-order valence-electron chi connectivity index (χ2n) is 3.39. The van der Waals surface area contributed by atoms with Crippen LogP contribution in [0, 0.1) is 0 Å². The fourth-order valence-corrected chi connectivity index (χ4v) is 1.14. The molecule has 0 spiro atoms. The lowest BCUT2D eigenvalue weighted by molar-refractivity contribution is 0.208. The molecule has 82 valence electrons. The molecule has 0 aromatic rings. The SMILES string of the molecule is CCCCC[C@H](O)/C=C/C=C\CCO. The average molecular weight is 198 g/mol. The van der Waals surface area contributed by atoms with Crippen molar-refractivity contribution in [2.45, 2.75) is 45.1 Å². The number of rotatable bonds is 8. The Morgan fingerprint density at radius 1 is 1.21 bits per heavy atom. The first-order valence-electron chi connectivity index (χ1n) is 5.43. The van der Waals surface area contributed by atoms with E-state index in [0.29, 0.717) is 6.42 Å². The van der Waals surface area contributed by atoms with Crippen molar-refractivity contribution in [3.05, 3.63) is 24.3 Å². The zero-order valence-corrected chi connectivity index (χ0v) is 9.02. The van der Waals surface area contributed by atoms with Crippen LogP contribution >= 0.6 is 0 Å². The Morgan fingerprint density at radius 2 is 2.00 bits per heavy atom. The largest absolute Gasteiger partial charge is 0.396 e. The van der Waals surface area contributed by atoms with Crippen molar-refractivity contribution in [1.29, 1.82) is 0 Å². The van der Waals surface area contributed by atoms with Gasteiger partial charge in [0.1, 0.15) is 0 Å². The quantitative estimate of drug-likeness (QED) is 0.464. The molecule has 0 aliphatic rings. The van der Waals surface area contributed by atoms with E-state index in [1.807, 2.05) is 18.2 Å². The van der Waals surface area contributed by atoms with E-state index in [4.69, 9.17) is 5.11 Å². The Labute approximate surface area is 87.0 Å². The summed E-state index contributed by atoms with van der Waals surface area (Å²) in [7, 11) is 0. The maximum absolute atomic E-state index is 9.46. The monoisotopic (exact) mass is 198 g/mol. The van der Waals surface area contributed by atoms with Crippen molar-refractivity contribution in [2.75, 3.05) is 6.61 Å². The van der Waals surface area contributed by atoms with Gasteiger partial charge in [-0.15, -0.1) is 0 Å². The van der Waals surface area contributed by atoms with E-state index in [9.17, 15) is 5.11 Å². The van der Waals surface area contributed by atoms with E-state index in [-0.39, 0.29) is 12.7 Å². The minimum Gasteiger partial charge on any atom is -0.396 e. The topological polar surface area (TPSA) is 40.5 Å². The van der Waals surface area contributed by atoms with E-state index in [1.54, 1.807) is 6.08 Å². The molecule has 0 saturated heterocycles. The van der Waals surface area contributed by atoms with Gasteiger partial charge < -0.3 is 10.2 Å². The van der Waals surface area contributed by atoms with E-state index in [2.05, 4.69) is 6.92 Å². The van der Waals surface area contributed by atoms with Gasteiger partial charge in [-0.3, -0.25) is 0 Å². The van der Waals surface area contributed by atoms with Crippen molar-refractivity contribution in [2.24, 2.45) is 0 Å². The standard InChI is InChI=1S/C12H22O2/c1-2-3-6-9-12(14)10-7-4-5-8-11-13/h4-5,7,10,12-14H,2-3,6,8-9,11H2,1H3/b5-4-,10-7+/t12-/m0/s1. The summed E-state index contributed by atoms with van der Waals surface area (Å²) in [4.78, 5) is 0. The van der Waals surface area contributed by atoms with E-state index in [1.165, 1.54) is 12.8 Å². The molecule has 0 aliphatic carbocycles. The van der Waals surface area contributed by atoms with Gasteiger partial charge in [-0.2, -0.15) is 0 Å². The lowest BCUT2D eigenvalue weighted by atomic mass is 10.1. The number of hydrogen-bond donors (Lipinski definition) is 2. The molecule has 0 aromatic heterocycles. The minimum absolute atomic E-state index is 0.184. The summed E-state index contributed by atoms with van der Waals surface area (Å²) in [5, 5.41) is 18.0. The van der Waals surface area contributed by atoms with Gasteiger partial charge in [-0.05, 0) is 12.8 Å². The highest BCUT2D eigenvalue weighted by Gasteiger charge is 1.96. The van der Waals surface area contributed by atoms with Crippen molar-refractivity contribution >= 4 is 0 Å². The van der Waals surface area contributed by atoms with E-state index < -0.39 is 0 Å². The van der Waals surface area contributed by atoms with Crippen LogP contribution in [0.15, 0.2) is 24.3 Å². The number of aliphatic hydroxyl groups is 2. The van der Waals surface area contributed by atoms with Crippen LogP contribution in [0.2, 0.25) is 0 Å². The molecular formula is C12H22O2. The summed E-state index contributed by atoms with van der Waals surface area (Å²) in [6.07, 6.45) is 12.0. The van der Waals surface area contributed by atoms with Crippen LogP contribution in [0.1, 0.15) is 39.0 Å². The van der Waals surface area contributed by atoms with Gasteiger partial charge in [0, 0.05) is 6.61 Å². The van der Waals surface area contributed by atoms with E-state index in [0.717, 1.165) is 12.8 Å². The fourth-order valence-electron chi connectivity index (χ4n) is 1.14. The molecule has 0 saturated carbocycles. The third kappa shape index (κ3) is 9.49. The van der Waals surface area contributed by atoms with Gasteiger partial charge in [0.15, 0.2) is 0 Å². The van der Waals surface area contributed by atoms with E-state index >= 15 is 0 Å². The van der Waals surface area contributed by atoms with Crippen LogP contribution in [0.4, 0.5) is 0 Å². The molecule has 0 amide bonds. The summed E-state index contributed by atoms with van der Waals surface area (Å²) in [6, 6.07) is 0. The summed E-state index contributed by atoms with van der Waals surface area (Å²) in [5.41, 5.74) is 0. The number of hydrogen-bond acceptors (Lipinski definition) is 2. The van der Waals surface area contributed by atoms with Crippen LogP contribution in [-0.4, -0.2) is 22.9 Å². The van der Waals surface area contributed by atoms with Crippen LogP contribution in [0.5, 0.6) is 0 Å². The minimum atomic E-state index is -0.319. The van der Waals surface area contributed by atoms with Crippen LogP contribution in [0.3, 0.4) is 0 Å². The molecule has 0 bridgehead atoms. The molecular weight excluding hydrogens is 176 g/mol. The van der Waals surface area contributed by atoms with Crippen molar-refractivity contribution in [3.63, 3.8) is 0 Å². The van der Waals surface area contributed by atoms with Crippen molar-refractivity contribution in [1.82, 2.24) is 0 Å². The highest BCUT2D eigenvalue weighted by Crippen LogP contribution is 2.04. The summed E-state index contributed by atoms with van der Waals surface area (Å²) in [6.45, 7) is 2.34. The predicted molar refractivity (Wildman–Crippen MR) is 60.1 cm³/mol. The molecule has 2 heteroatoms. The number of aliphatic hydroxyl groups excluding tert-OH is 2. The highest BCUT2D eigenvalue weighted by molar-refractivity contribution is 5.04. The Kier molecular flexibility index (Phi) is 10.0. The molecule has 0 rings (SSSR count). The lowest BCUT2D eigenvalue weighted by Crippen LogP contribution is -2.00. The molecule has 0 heterocycles. The highest BCUT2D eigenvalue weighted by atomic mass is 16.3. The van der Waals surface area contributed by atoms with Gasteiger partial charge >= 0.3 is 0 Å². The van der Waals surface area contributed by atoms with Gasteiger partial charge in [-0.1, -0.05) is 50.5 Å². The Balaban J connectivity index is 3.44. The first-order chi connectivity index (χ1) is 6.81. The van der Waals surface area contributed by atoms with Crippen LogP contribution < -0.4 is 0 Å². The van der Waals surface area contributed by atoms with Gasteiger partial charge in [0.05, 0.1) is 6.10 Å². The second kappa shape index (κ2) is 10.5. The smallest absolute Gasteiger partial charge is 0.0723 e. The Bertz CT molecular complexity index is 162. The number of unbranched alkanes of at least 4 members (excludes halogenated alkanes) is 2. The van der Waals surface area contributed by atoms with Gasteiger partial charge in [-0.25, -0.2) is 0 Å². The molecule has 14 heavy (non-hydrogen) atoms. The zero-order valence-electron chi connectivity index (χ0n) is 9.02. The summed E-state index contributed by atoms with van der Waals surface area (Å²) in [5.74, 6) is 0. The zero-order chi connectivity index (χ0) is 10.6. The molecule has 2 N–H and O–H groups in total.